The van der Waals surface area contributed by atoms with E-state index < -0.39 is 34.6 Å². The van der Waals surface area contributed by atoms with Gasteiger partial charge in [-0.25, -0.2) is 14.5 Å². The highest BCUT2D eigenvalue weighted by Crippen LogP contribution is 2.53. The van der Waals surface area contributed by atoms with Gasteiger partial charge in [-0.15, -0.1) is 0 Å². The lowest BCUT2D eigenvalue weighted by molar-refractivity contribution is -0.142. The normalized spacial score (nSPS) is 11.5. The second-order valence-corrected chi connectivity index (χ2v) is 20.5. The summed E-state index contributed by atoms with van der Waals surface area (Å²) in [4.78, 5) is 11.3. The summed E-state index contributed by atoms with van der Waals surface area (Å²) in [6, 6.07) is 66.6. The molecule has 0 aliphatic carbocycles. The van der Waals surface area contributed by atoms with Crippen molar-refractivity contribution in [3.8, 4) is 90.3 Å². The van der Waals surface area contributed by atoms with Crippen molar-refractivity contribution in [3.05, 3.63) is 281 Å². The SMILES string of the molecule is [C-]#[N+]c1cccc(-c2ccc3c(c2)c2cc(-c4cccc(C#N)c4)ccc2n3-c2cccc([N+]#[C-])c2-c2c(-c3c(C(F)(F)F)cccc3C(F)(F)F)cccc2-n2c3ccc(-c4cccc(C#N)c4)cc3c3cc(-c4cccc([N+]#[C-])c4)ccc32)c1. The molecule has 0 N–H and O–H groups in total. The van der Waals surface area contributed by atoms with Crippen LogP contribution in [-0.2, 0) is 12.4 Å². The number of fused-ring (bicyclic) bond motifs is 6. The third-order valence-corrected chi connectivity index (χ3v) is 15.7. The third kappa shape index (κ3) is 9.09. The van der Waals surface area contributed by atoms with Gasteiger partial charge < -0.3 is 9.13 Å². The molecule has 13 heteroatoms. The van der Waals surface area contributed by atoms with Crippen LogP contribution >= 0.6 is 0 Å². The monoisotopic (exact) mass is 1130 g/mol. The van der Waals surface area contributed by atoms with Crippen LogP contribution in [0.1, 0.15) is 22.3 Å². The first kappa shape index (κ1) is 53.4. The molecule has 13 aromatic rings. The second-order valence-electron chi connectivity index (χ2n) is 20.5. The predicted molar refractivity (Wildman–Crippen MR) is 326 cm³/mol. The molecule has 0 aliphatic rings. The number of halogens is 6. The number of rotatable bonds is 8. The zero-order valence-corrected chi connectivity index (χ0v) is 44.8. The van der Waals surface area contributed by atoms with Crippen LogP contribution in [0.3, 0.4) is 0 Å². The summed E-state index contributed by atoms with van der Waals surface area (Å²) < 4.78 is 98.4. The topological polar surface area (TPSA) is 70.5 Å². The number of hydrogen-bond acceptors (Lipinski definition) is 2. The molecular weight excluding hydrogens is 1090 g/mol. The number of alkyl halides is 6. The Morgan fingerprint density at radius 2 is 0.686 bits per heavy atom. The molecule has 0 spiro atoms. The van der Waals surface area contributed by atoms with E-state index in [2.05, 4.69) is 26.7 Å². The van der Waals surface area contributed by atoms with Crippen molar-refractivity contribution in [2.75, 3.05) is 0 Å². The fourth-order valence-electron chi connectivity index (χ4n) is 11.9. The summed E-state index contributed by atoms with van der Waals surface area (Å²) in [7, 11) is 0. The van der Waals surface area contributed by atoms with Crippen LogP contribution in [0.2, 0.25) is 0 Å². The van der Waals surface area contributed by atoms with Gasteiger partial charge in [0.2, 0.25) is 0 Å². The molecular formula is C73H37F6N7. The van der Waals surface area contributed by atoms with Crippen LogP contribution in [0.5, 0.6) is 0 Å². The molecule has 2 aromatic heterocycles. The highest BCUT2D eigenvalue weighted by atomic mass is 19.4. The van der Waals surface area contributed by atoms with Crippen LogP contribution in [0.4, 0.5) is 43.4 Å². The van der Waals surface area contributed by atoms with Gasteiger partial charge in [0.15, 0.2) is 17.1 Å². The molecule has 0 radical (unpaired) electrons. The van der Waals surface area contributed by atoms with Crippen LogP contribution in [0, 0.1) is 42.4 Å². The summed E-state index contributed by atoms with van der Waals surface area (Å²) >= 11 is 0. The Bertz CT molecular complexity index is 4980. The van der Waals surface area contributed by atoms with Crippen molar-refractivity contribution in [2.45, 2.75) is 12.4 Å². The van der Waals surface area contributed by atoms with E-state index in [0.717, 1.165) is 39.4 Å². The first-order valence-electron chi connectivity index (χ1n) is 26.7. The molecule has 0 atom stereocenters. The van der Waals surface area contributed by atoms with Crippen molar-refractivity contribution >= 4 is 60.7 Å². The molecule has 0 bridgehead atoms. The Morgan fingerprint density at radius 1 is 0.337 bits per heavy atom. The Hall–Kier alpha value is -12.0. The van der Waals surface area contributed by atoms with Crippen molar-refractivity contribution in [1.82, 2.24) is 9.13 Å². The van der Waals surface area contributed by atoms with E-state index >= 15 is 26.3 Å². The Kier molecular flexibility index (Phi) is 12.9. The molecule has 7 nitrogen and oxygen atoms in total. The summed E-state index contributed by atoms with van der Waals surface area (Å²) in [5.74, 6) is 0. The maximum Gasteiger partial charge on any atom is 0.417 e. The molecule has 0 unspecified atom stereocenters. The van der Waals surface area contributed by atoms with E-state index in [1.165, 1.54) is 18.2 Å². The third-order valence-electron chi connectivity index (χ3n) is 15.7. The van der Waals surface area contributed by atoms with E-state index in [-0.39, 0.29) is 28.2 Å². The maximum absolute atomic E-state index is 15.8. The minimum atomic E-state index is -5.30. The van der Waals surface area contributed by atoms with E-state index in [0.29, 0.717) is 89.4 Å². The molecule has 0 amide bonds. The number of nitrogens with zero attached hydrogens (tertiary/aromatic N) is 7. The molecule has 406 valence electrons. The van der Waals surface area contributed by atoms with Gasteiger partial charge >= 0.3 is 12.4 Å². The predicted octanol–water partition coefficient (Wildman–Crippen LogP) is 21.3. The summed E-state index contributed by atoms with van der Waals surface area (Å²) in [5.41, 5.74) is 5.27. The maximum atomic E-state index is 15.8. The Morgan fingerprint density at radius 3 is 1.07 bits per heavy atom. The summed E-state index contributed by atoms with van der Waals surface area (Å²) in [5, 5.41) is 22.5. The molecule has 0 saturated carbocycles. The van der Waals surface area contributed by atoms with Gasteiger partial charge in [0.25, 0.3) is 0 Å². The lowest BCUT2D eigenvalue weighted by atomic mass is 9.86. The smallest absolute Gasteiger partial charge is 0.310 e. The number of nitriles is 2. The second kappa shape index (κ2) is 20.8. The number of hydrogen-bond donors (Lipinski definition) is 0. The zero-order valence-electron chi connectivity index (χ0n) is 44.8. The molecule has 11 aromatic carbocycles. The molecule has 86 heavy (non-hydrogen) atoms. The lowest BCUT2D eigenvalue weighted by Crippen LogP contribution is -2.15. The van der Waals surface area contributed by atoms with Gasteiger partial charge in [-0.05, 0) is 159 Å². The average Bonchev–Trinajstić information content (AvgIpc) is 1.56. The van der Waals surface area contributed by atoms with Crippen molar-refractivity contribution < 1.29 is 26.3 Å². The van der Waals surface area contributed by atoms with Gasteiger partial charge in [0.05, 0.1) is 81.9 Å². The summed E-state index contributed by atoms with van der Waals surface area (Å²) in [6.45, 7) is 24.4. The largest absolute Gasteiger partial charge is 0.417 e. The Balaban J connectivity index is 1.18. The minimum absolute atomic E-state index is 0.0316. The van der Waals surface area contributed by atoms with Gasteiger partial charge in [0, 0.05) is 43.9 Å². The minimum Gasteiger partial charge on any atom is -0.310 e. The van der Waals surface area contributed by atoms with Gasteiger partial charge in [-0.2, -0.15) is 36.9 Å². The number of benzene rings is 11. The fourth-order valence-corrected chi connectivity index (χ4v) is 11.9. The number of aromatic nitrogens is 2. The van der Waals surface area contributed by atoms with Gasteiger partial charge in [-0.3, -0.25) is 0 Å². The first-order valence-corrected chi connectivity index (χ1v) is 26.7. The van der Waals surface area contributed by atoms with Gasteiger partial charge in [0.1, 0.15) is 0 Å². The molecule has 0 aliphatic heterocycles. The lowest BCUT2D eigenvalue weighted by Gasteiger charge is -2.26. The fraction of sp³-hybridized carbons (Fsp3) is 0.0274. The van der Waals surface area contributed by atoms with E-state index in [1.807, 2.05) is 106 Å². The zero-order chi connectivity index (χ0) is 59.6. The van der Waals surface area contributed by atoms with E-state index in [1.54, 1.807) is 91.0 Å². The van der Waals surface area contributed by atoms with E-state index in [4.69, 9.17) is 19.7 Å². The highest BCUT2D eigenvalue weighted by Gasteiger charge is 2.42. The van der Waals surface area contributed by atoms with Crippen LogP contribution in [-0.4, -0.2) is 9.13 Å². The van der Waals surface area contributed by atoms with Crippen LogP contribution in [0.25, 0.3) is 136 Å². The van der Waals surface area contributed by atoms with Gasteiger partial charge in [-0.1, -0.05) is 115 Å². The van der Waals surface area contributed by atoms with Crippen LogP contribution in [0.15, 0.2) is 224 Å². The van der Waals surface area contributed by atoms with Crippen molar-refractivity contribution in [3.63, 3.8) is 0 Å². The quantitative estimate of drug-likeness (QED) is 0.112. The summed E-state index contributed by atoms with van der Waals surface area (Å²) in [6.07, 6.45) is -10.6. The van der Waals surface area contributed by atoms with Crippen molar-refractivity contribution in [1.29, 1.82) is 10.5 Å². The standard InChI is InChI=1S/C73H37F6N7/c1-82-53-17-6-15-47(35-53)51-27-31-64-58(39-51)56-37-49(45-13-4-11-43(33-45)41-80)25-29-63(56)85(64)67-23-8-19-55(69-60(72(74,75)76)20-9-21-61(69)73(77,78)79)70(67)71-62(84-3)22-10-24-68(71)86-65-30-26-50(46-14-5-12-44(34-46)42-81)38-57(65)59-40-52(28-32-66(59)86)48-16-7-18-54(36-48)83-2/h4-40H. The van der Waals surface area contributed by atoms with Crippen LogP contribution < -0.4 is 0 Å². The average molecular weight is 1130 g/mol. The highest BCUT2D eigenvalue weighted by molar-refractivity contribution is 6.15. The molecule has 0 saturated heterocycles. The first-order chi connectivity index (χ1) is 41.7. The molecule has 13 rings (SSSR count). The Labute approximate surface area is 488 Å². The molecule has 2 heterocycles. The molecule has 0 fully saturated rings. The van der Waals surface area contributed by atoms with E-state index in [9.17, 15) is 10.5 Å². The van der Waals surface area contributed by atoms with Crippen molar-refractivity contribution in [2.24, 2.45) is 0 Å².